The Morgan fingerprint density at radius 1 is 0.625 bits per heavy atom. The summed E-state index contributed by atoms with van der Waals surface area (Å²) >= 11 is 0. The highest BCUT2D eigenvalue weighted by atomic mass is 19.1. The van der Waals surface area contributed by atoms with E-state index in [4.69, 9.17) is 0 Å². The maximum atomic E-state index is 14.9. The molecule has 0 saturated carbocycles. The minimum absolute atomic E-state index is 0.240. The maximum Gasteiger partial charge on any atom is 0.132 e. The van der Waals surface area contributed by atoms with Crippen LogP contribution in [0.2, 0.25) is 0 Å². The average molecular weight is 419 g/mol. The lowest BCUT2D eigenvalue weighted by atomic mass is 9.97. The van der Waals surface area contributed by atoms with E-state index in [1.807, 2.05) is 56.3 Å². The van der Waals surface area contributed by atoms with Gasteiger partial charge in [-0.2, -0.15) is 0 Å². The van der Waals surface area contributed by atoms with E-state index < -0.39 is 0 Å². The molecule has 0 fully saturated rings. The number of rotatable bonds is 4. The molecule has 0 aliphatic carbocycles. The van der Waals surface area contributed by atoms with Crippen LogP contribution in [0.4, 0.5) is 4.39 Å². The van der Waals surface area contributed by atoms with Gasteiger partial charge >= 0.3 is 0 Å². The third-order valence-electron chi connectivity index (χ3n) is 5.80. The van der Waals surface area contributed by atoms with Crippen LogP contribution in [-0.2, 0) is 12.8 Å². The lowest BCUT2D eigenvalue weighted by molar-refractivity contribution is 0.630. The van der Waals surface area contributed by atoms with Gasteiger partial charge in [-0.1, -0.05) is 83.6 Å². The number of halogens is 1. The van der Waals surface area contributed by atoms with Crippen LogP contribution in [0.25, 0.3) is 11.1 Å². The van der Waals surface area contributed by atoms with Gasteiger partial charge in [0.1, 0.15) is 5.82 Å². The molecule has 32 heavy (non-hydrogen) atoms. The van der Waals surface area contributed by atoms with E-state index in [0.29, 0.717) is 5.56 Å². The van der Waals surface area contributed by atoms with Gasteiger partial charge in [0.2, 0.25) is 0 Å². The molecular formula is C31H27F. The Morgan fingerprint density at radius 3 is 1.75 bits per heavy atom. The van der Waals surface area contributed by atoms with Gasteiger partial charge in [-0.05, 0) is 80.1 Å². The van der Waals surface area contributed by atoms with Gasteiger partial charge in [0.05, 0.1) is 0 Å². The zero-order valence-electron chi connectivity index (χ0n) is 18.9. The van der Waals surface area contributed by atoms with Gasteiger partial charge in [0.25, 0.3) is 0 Å². The molecule has 0 saturated heterocycles. The van der Waals surface area contributed by atoms with Crippen LogP contribution in [0.15, 0.2) is 84.9 Å². The molecule has 4 aromatic rings. The molecule has 0 heterocycles. The van der Waals surface area contributed by atoms with Crippen molar-refractivity contribution in [2.24, 2.45) is 0 Å². The van der Waals surface area contributed by atoms with Crippen LogP contribution >= 0.6 is 0 Å². The highest BCUT2D eigenvalue weighted by molar-refractivity contribution is 5.67. The molecule has 0 unspecified atom stereocenters. The Labute approximate surface area is 190 Å². The summed E-state index contributed by atoms with van der Waals surface area (Å²) in [5, 5.41) is 0. The lowest BCUT2D eigenvalue weighted by Crippen LogP contribution is -1.93. The molecular weight excluding hydrogens is 391 g/mol. The normalized spacial score (nSPS) is 10.5. The van der Waals surface area contributed by atoms with E-state index in [2.05, 4.69) is 55.2 Å². The predicted molar refractivity (Wildman–Crippen MR) is 132 cm³/mol. The van der Waals surface area contributed by atoms with Gasteiger partial charge in [-0.3, -0.25) is 0 Å². The summed E-state index contributed by atoms with van der Waals surface area (Å²) in [6, 6.07) is 28.4. The Balaban J connectivity index is 1.49. The van der Waals surface area contributed by atoms with Crippen LogP contribution in [-0.4, -0.2) is 0 Å². The maximum absolute atomic E-state index is 14.9. The highest BCUT2D eigenvalue weighted by Gasteiger charge is 2.09. The minimum atomic E-state index is -0.240. The molecule has 0 aliphatic rings. The van der Waals surface area contributed by atoms with Gasteiger partial charge in [-0.15, -0.1) is 0 Å². The summed E-state index contributed by atoms with van der Waals surface area (Å²) in [5.74, 6) is 6.02. The standard InChI is InChI=1S/C31H27F/c1-22-4-8-25(9-5-22)12-13-27-14-17-28(18-15-27)30-20-24(3)29(21-31(30)32)19-16-26-10-6-23(2)7-11-26/h4-11,14-15,17-18,20-21H,12-13H2,1-3H3. The van der Waals surface area contributed by atoms with Crippen molar-refractivity contribution in [2.75, 3.05) is 0 Å². The van der Waals surface area contributed by atoms with Crippen molar-refractivity contribution in [3.63, 3.8) is 0 Å². The summed E-state index contributed by atoms with van der Waals surface area (Å²) in [6.45, 7) is 6.14. The monoisotopic (exact) mass is 418 g/mol. The first kappa shape index (κ1) is 21.6. The number of aryl methyl sites for hydroxylation is 5. The van der Waals surface area contributed by atoms with Crippen LogP contribution in [0, 0.1) is 38.4 Å². The van der Waals surface area contributed by atoms with Crippen molar-refractivity contribution in [1.29, 1.82) is 0 Å². The topological polar surface area (TPSA) is 0 Å². The molecule has 0 nitrogen and oxygen atoms in total. The van der Waals surface area contributed by atoms with E-state index in [9.17, 15) is 4.39 Å². The molecule has 0 N–H and O–H groups in total. The third kappa shape index (κ3) is 5.34. The lowest BCUT2D eigenvalue weighted by Gasteiger charge is -2.09. The van der Waals surface area contributed by atoms with E-state index in [1.165, 1.54) is 22.3 Å². The fourth-order valence-corrected chi connectivity index (χ4v) is 3.71. The molecule has 158 valence electrons. The van der Waals surface area contributed by atoms with E-state index in [-0.39, 0.29) is 5.82 Å². The summed E-state index contributed by atoms with van der Waals surface area (Å²) in [5.41, 5.74) is 9.21. The summed E-state index contributed by atoms with van der Waals surface area (Å²) in [7, 11) is 0. The van der Waals surface area contributed by atoms with Gasteiger partial charge in [0, 0.05) is 16.7 Å². The fourth-order valence-electron chi connectivity index (χ4n) is 3.71. The van der Waals surface area contributed by atoms with Crippen LogP contribution in [0.5, 0.6) is 0 Å². The van der Waals surface area contributed by atoms with Gasteiger partial charge in [-0.25, -0.2) is 4.39 Å². The van der Waals surface area contributed by atoms with Crippen molar-refractivity contribution in [2.45, 2.75) is 33.6 Å². The minimum Gasteiger partial charge on any atom is -0.206 e. The number of benzene rings is 4. The summed E-state index contributed by atoms with van der Waals surface area (Å²) in [6.07, 6.45) is 1.97. The molecule has 0 radical (unpaired) electrons. The van der Waals surface area contributed by atoms with E-state index >= 15 is 0 Å². The van der Waals surface area contributed by atoms with Crippen molar-refractivity contribution >= 4 is 0 Å². The quantitative estimate of drug-likeness (QED) is 0.299. The third-order valence-corrected chi connectivity index (χ3v) is 5.80. The van der Waals surface area contributed by atoms with Crippen LogP contribution < -0.4 is 0 Å². The second kappa shape index (κ2) is 9.67. The molecule has 4 aromatic carbocycles. The van der Waals surface area contributed by atoms with E-state index in [0.717, 1.165) is 35.1 Å². The second-order valence-electron chi connectivity index (χ2n) is 8.45. The zero-order valence-corrected chi connectivity index (χ0v) is 18.9. The van der Waals surface area contributed by atoms with Crippen molar-refractivity contribution < 1.29 is 4.39 Å². The number of hydrogen-bond donors (Lipinski definition) is 0. The van der Waals surface area contributed by atoms with Crippen LogP contribution in [0.1, 0.15) is 38.9 Å². The van der Waals surface area contributed by atoms with Crippen LogP contribution in [0.3, 0.4) is 0 Å². The first-order chi connectivity index (χ1) is 15.5. The summed E-state index contributed by atoms with van der Waals surface area (Å²) < 4.78 is 14.9. The largest absolute Gasteiger partial charge is 0.206 e. The molecule has 1 heteroatoms. The SMILES string of the molecule is Cc1ccc(C#Cc2cc(F)c(-c3ccc(CCc4ccc(C)cc4)cc3)cc2C)cc1. The Morgan fingerprint density at radius 2 is 1.16 bits per heavy atom. The smallest absolute Gasteiger partial charge is 0.132 e. The van der Waals surface area contributed by atoms with Gasteiger partial charge < -0.3 is 0 Å². The molecule has 0 atom stereocenters. The van der Waals surface area contributed by atoms with E-state index in [1.54, 1.807) is 6.07 Å². The first-order valence-corrected chi connectivity index (χ1v) is 11.0. The molecule has 0 amide bonds. The molecule has 0 bridgehead atoms. The Kier molecular flexibility index (Phi) is 6.52. The summed E-state index contributed by atoms with van der Waals surface area (Å²) in [4.78, 5) is 0. The molecule has 0 aromatic heterocycles. The number of hydrogen-bond acceptors (Lipinski definition) is 0. The van der Waals surface area contributed by atoms with Crippen molar-refractivity contribution in [3.8, 4) is 23.0 Å². The van der Waals surface area contributed by atoms with Crippen molar-refractivity contribution in [3.05, 3.63) is 130 Å². The molecule has 0 aliphatic heterocycles. The average Bonchev–Trinajstić information content (AvgIpc) is 2.80. The zero-order chi connectivity index (χ0) is 22.5. The second-order valence-corrected chi connectivity index (χ2v) is 8.45. The predicted octanol–water partition coefficient (Wildman–Crippen LogP) is 7.60. The molecule has 4 rings (SSSR count). The van der Waals surface area contributed by atoms with Crippen molar-refractivity contribution in [1.82, 2.24) is 0 Å². The first-order valence-electron chi connectivity index (χ1n) is 11.0. The van der Waals surface area contributed by atoms with Gasteiger partial charge in [0.15, 0.2) is 0 Å². The fraction of sp³-hybridized carbons (Fsp3) is 0.161. The highest BCUT2D eigenvalue weighted by Crippen LogP contribution is 2.26. The molecule has 0 spiro atoms. The Bertz CT molecular complexity index is 1270. The Hall–Kier alpha value is -3.63.